The van der Waals surface area contributed by atoms with E-state index in [1.54, 1.807) is 0 Å². The molecule has 1 aliphatic heterocycles. The lowest BCUT2D eigenvalue weighted by Crippen LogP contribution is -2.56. The Morgan fingerprint density at radius 1 is 1.06 bits per heavy atom. The van der Waals surface area contributed by atoms with Crippen LogP contribution < -0.4 is 10.7 Å². The number of rotatable bonds is 1. The van der Waals surface area contributed by atoms with Crippen LogP contribution in [0.25, 0.3) is 0 Å². The van der Waals surface area contributed by atoms with Crippen molar-refractivity contribution in [3.05, 3.63) is 29.8 Å². The Bertz CT molecular complexity index is 427. The summed E-state index contributed by atoms with van der Waals surface area (Å²) in [6.07, 6.45) is 0. The maximum Gasteiger partial charge on any atom is 0.257 e. The number of hydrazine groups is 1. The Morgan fingerprint density at radius 2 is 1.69 bits per heavy atom. The number of anilines is 1. The van der Waals surface area contributed by atoms with E-state index in [1.807, 2.05) is 31.2 Å². The molecule has 1 aromatic rings. The minimum absolute atomic E-state index is 0.0123. The Balaban J connectivity index is 2.24. The molecule has 1 aromatic carbocycles. The van der Waals surface area contributed by atoms with E-state index >= 15 is 0 Å². The fraction of sp³-hybridized carbons (Fsp3) is 0.273. The van der Waals surface area contributed by atoms with Gasteiger partial charge in [0, 0.05) is 5.69 Å². The van der Waals surface area contributed by atoms with Crippen LogP contribution in [0.5, 0.6) is 0 Å². The highest BCUT2D eigenvalue weighted by Crippen LogP contribution is 2.17. The summed E-state index contributed by atoms with van der Waals surface area (Å²) in [7, 11) is 0. The zero-order valence-corrected chi connectivity index (χ0v) is 9.01. The van der Waals surface area contributed by atoms with E-state index in [0.29, 0.717) is 0 Å². The summed E-state index contributed by atoms with van der Waals surface area (Å²) in [5.74, 6) is 4.96. The van der Waals surface area contributed by atoms with Gasteiger partial charge >= 0.3 is 0 Å². The minimum atomic E-state index is -0.250. The predicted molar refractivity (Wildman–Crippen MR) is 59.4 cm³/mol. The fourth-order valence-corrected chi connectivity index (χ4v) is 1.59. The minimum Gasteiger partial charge on any atom is -0.301 e. The molecular formula is C11H13N3O2. The molecule has 0 radical (unpaired) electrons. The van der Waals surface area contributed by atoms with Gasteiger partial charge in [0.2, 0.25) is 5.91 Å². The van der Waals surface area contributed by atoms with Crippen molar-refractivity contribution in [1.82, 2.24) is 5.01 Å². The van der Waals surface area contributed by atoms with Crippen molar-refractivity contribution in [3.8, 4) is 0 Å². The highest BCUT2D eigenvalue weighted by Gasteiger charge is 2.28. The summed E-state index contributed by atoms with van der Waals surface area (Å²) in [6, 6.07) is 7.46. The molecule has 0 unspecified atom stereocenters. The van der Waals surface area contributed by atoms with Gasteiger partial charge in [0.05, 0.1) is 0 Å². The van der Waals surface area contributed by atoms with Crippen molar-refractivity contribution >= 4 is 17.5 Å². The quantitative estimate of drug-likeness (QED) is 0.536. The Hall–Kier alpha value is -1.88. The Labute approximate surface area is 93.4 Å². The van der Waals surface area contributed by atoms with Gasteiger partial charge in [0.15, 0.2) is 0 Å². The second-order valence-electron chi connectivity index (χ2n) is 3.84. The van der Waals surface area contributed by atoms with Crippen LogP contribution in [0.2, 0.25) is 0 Å². The number of piperazine rings is 1. The summed E-state index contributed by atoms with van der Waals surface area (Å²) >= 11 is 0. The molecule has 5 nitrogen and oxygen atoms in total. The second kappa shape index (κ2) is 3.94. The maximum atomic E-state index is 11.7. The molecule has 0 aliphatic carbocycles. The number of aryl methyl sites for hydroxylation is 1. The number of nitrogens with two attached hydrogens (primary N) is 1. The Morgan fingerprint density at radius 3 is 2.31 bits per heavy atom. The van der Waals surface area contributed by atoms with Crippen LogP contribution in [0.4, 0.5) is 5.69 Å². The largest absolute Gasteiger partial charge is 0.301 e. The molecule has 84 valence electrons. The predicted octanol–water partition coefficient (Wildman–Crippen LogP) is 0.0439. The van der Waals surface area contributed by atoms with Crippen LogP contribution in [0.3, 0.4) is 0 Å². The first-order valence-corrected chi connectivity index (χ1v) is 5.00. The van der Waals surface area contributed by atoms with E-state index in [-0.39, 0.29) is 24.9 Å². The van der Waals surface area contributed by atoms with E-state index in [2.05, 4.69) is 0 Å². The van der Waals surface area contributed by atoms with Crippen LogP contribution in [0.15, 0.2) is 24.3 Å². The second-order valence-corrected chi connectivity index (χ2v) is 3.84. The van der Waals surface area contributed by atoms with Gasteiger partial charge in [-0.1, -0.05) is 17.7 Å². The van der Waals surface area contributed by atoms with Gasteiger partial charge in [-0.05, 0) is 19.1 Å². The third-order valence-corrected chi connectivity index (χ3v) is 2.57. The number of amides is 2. The molecule has 2 N–H and O–H groups in total. The molecule has 0 atom stereocenters. The van der Waals surface area contributed by atoms with Crippen LogP contribution in [-0.2, 0) is 9.59 Å². The molecule has 2 amide bonds. The van der Waals surface area contributed by atoms with E-state index in [9.17, 15) is 9.59 Å². The first kappa shape index (κ1) is 10.6. The molecule has 1 aliphatic rings. The van der Waals surface area contributed by atoms with Gasteiger partial charge in [0.1, 0.15) is 13.1 Å². The van der Waals surface area contributed by atoms with E-state index in [4.69, 9.17) is 5.84 Å². The molecular weight excluding hydrogens is 206 g/mol. The summed E-state index contributed by atoms with van der Waals surface area (Å²) in [6.45, 7) is 1.92. The summed E-state index contributed by atoms with van der Waals surface area (Å²) in [5, 5.41) is 0.951. The molecule has 5 heteroatoms. The summed E-state index contributed by atoms with van der Waals surface area (Å²) in [4.78, 5) is 24.5. The van der Waals surface area contributed by atoms with Gasteiger partial charge in [-0.15, -0.1) is 0 Å². The van der Waals surface area contributed by atoms with Crippen molar-refractivity contribution in [3.63, 3.8) is 0 Å². The lowest BCUT2D eigenvalue weighted by atomic mass is 10.2. The van der Waals surface area contributed by atoms with E-state index in [0.717, 1.165) is 16.3 Å². The number of hydrogen-bond donors (Lipinski definition) is 1. The van der Waals surface area contributed by atoms with E-state index in [1.165, 1.54) is 4.90 Å². The standard InChI is InChI=1S/C11H13N3O2/c1-8-2-4-9(5-3-8)13-6-11(16)14(12)7-10(13)15/h2-5H,6-7,12H2,1H3. The van der Waals surface area contributed by atoms with Crippen LogP contribution in [-0.4, -0.2) is 29.9 Å². The zero-order valence-electron chi connectivity index (χ0n) is 9.01. The van der Waals surface area contributed by atoms with Gasteiger partial charge in [0.25, 0.3) is 5.91 Å². The average Bonchev–Trinajstić information content (AvgIpc) is 2.25. The number of carbonyl (C=O) groups is 2. The number of nitrogens with zero attached hydrogens (tertiary/aromatic N) is 2. The van der Waals surface area contributed by atoms with E-state index < -0.39 is 0 Å². The molecule has 16 heavy (non-hydrogen) atoms. The van der Waals surface area contributed by atoms with Crippen molar-refractivity contribution in [2.45, 2.75) is 6.92 Å². The molecule has 0 spiro atoms. The zero-order chi connectivity index (χ0) is 11.7. The number of carbonyl (C=O) groups excluding carboxylic acids is 2. The van der Waals surface area contributed by atoms with Crippen molar-refractivity contribution in [1.29, 1.82) is 0 Å². The van der Waals surface area contributed by atoms with Crippen LogP contribution in [0, 0.1) is 6.92 Å². The SMILES string of the molecule is Cc1ccc(N2CC(=O)N(N)CC2=O)cc1. The first-order chi connectivity index (χ1) is 7.58. The maximum absolute atomic E-state index is 11.7. The normalized spacial score (nSPS) is 16.9. The first-order valence-electron chi connectivity index (χ1n) is 5.00. The smallest absolute Gasteiger partial charge is 0.257 e. The Kier molecular flexibility index (Phi) is 2.62. The van der Waals surface area contributed by atoms with Crippen molar-refractivity contribution < 1.29 is 9.59 Å². The van der Waals surface area contributed by atoms with Gasteiger partial charge < -0.3 is 4.90 Å². The van der Waals surface area contributed by atoms with Crippen LogP contribution in [0.1, 0.15) is 5.56 Å². The number of hydrogen-bond acceptors (Lipinski definition) is 3. The highest BCUT2D eigenvalue weighted by molar-refractivity contribution is 6.04. The molecule has 2 rings (SSSR count). The molecule has 1 heterocycles. The van der Waals surface area contributed by atoms with Crippen molar-refractivity contribution in [2.75, 3.05) is 18.0 Å². The number of benzene rings is 1. The van der Waals surface area contributed by atoms with Crippen molar-refractivity contribution in [2.24, 2.45) is 5.84 Å². The van der Waals surface area contributed by atoms with Gasteiger partial charge in [-0.3, -0.25) is 14.6 Å². The lowest BCUT2D eigenvalue weighted by molar-refractivity contribution is -0.138. The molecule has 0 bridgehead atoms. The van der Waals surface area contributed by atoms with Crippen LogP contribution >= 0.6 is 0 Å². The lowest BCUT2D eigenvalue weighted by Gasteiger charge is -2.31. The molecule has 0 saturated carbocycles. The molecule has 0 aromatic heterocycles. The average molecular weight is 219 g/mol. The molecule has 1 fully saturated rings. The third-order valence-electron chi connectivity index (χ3n) is 2.57. The monoisotopic (exact) mass is 219 g/mol. The topological polar surface area (TPSA) is 66.6 Å². The van der Waals surface area contributed by atoms with Gasteiger partial charge in [-0.25, -0.2) is 5.84 Å². The summed E-state index contributed by atoms with van der Waals surface area (Å²) in [5.41, 5.74) is 1.84. The third kappa shape index (κ3) is 1.90. The fourth-order valence-electron chi connectivity index (χ4n) is 1.59. The highest BCUT2D eigenvalue weighted by atomic mass is 16.2. The van der Waals surface area contributed by atoms with Gasteiger partial charge in [-0.2, -0.15) is 0 Å². The molecule has 1 saturated heterocycles. The summed E-state index contributed by atoms with van der Waals surface area (Å²) < 4.78 is 0.